The zero-order chi connectivity index (χ0) is 21.1. The van der Waals surface area contributed by atoms with Gasteiger partial charge in [-0.3, -0.25) is 4.79 Å². The Labute approximate surface area is 173 Å². The highest BCUT2D eigenvalue weighted by Crippen LogP contribution is 2.29. The second kappa shape index (κ2) is 8.33. The van der Waals surface area contributed by atoms with Gasteiger partial charge in [0, 0.05) is 26.2 Å². The van der Waals surface area contributed by atoms with Crippen LogP contribution in [0.5, 0.6) is 0 Å². The third kappa shape index (κ3) is 3.62. The van der Waals surface area contributed by atoms with E-state index in [1.54, 1.807) is 18.2 Å². The van der Waals surface area contributed by atoms with Gasteiger partial charge in [-0.15, -0.1) is 0 Å². The monoisotopic (exact) mass is 405 g/mol. The molecule has 7 nitrogen and oxygen atoms in total. The summed E-state index contributed by atoms with van der Waals surface area (Å²) in [4.78, 5) is 25.5. The fourth-order valence-corrected chi connectivity index (χ4v) is 3.64. The quantitative estimate of drug-likeness (QED) is 0.617. The molecule has 1 fully saturated rings. The summed E-state index contributed by atoms with van der Waals surface area (Å²) in [6.07, 6.45) is 0. The van der Waals surface area contributed by atoms with Gasteiger partial charge in [0.15, 0.2) is 11.7 Å². The first-order chi connectivity index (χ1) is 14.6. The number of fused-ring (bicyclic) bond motifs is 1. The Kier molecular flexibility index (Phi) is 5.44. The van der Waals surface area contributed by atoms with Crippen molar-refractivity contribution in [3.05, 3.63) is 60.0 Å². The zero-order valence-electron chi connectivity index (χ0n) is 16.5. The molecule has 8 heteroatoms. The molecule has 1 atom stereocenters. The van der Waals surface area contributed by atoms with E-state index < -0.39 is 11.9 Å². The number of anilines is 2. The summed E-state index contributed by atoms with van der Waals surface area (Å²) in [6.45, 7) is 2.25. The molecule has 1 aliphatic rings. The molecular weight excluding hydrogens is 385 g/mol. The van der Waals surface area contributed by atoms with Crippen molar-refractivity contribution in [2.45, 2.75) is 5.92 Å². The van der Waals surface area contributed by atoms with E-state index in [0.717, 1.165) is 0 Å². The largest absolute Gasteiger partial charge is 0.468 e. The molecule has 0 N–H and O–H groups in total. The van der Waals surface area contributed by atoms with E-state index in [1.165, 1.54) is 13.2 Å². The lowest BCUT2D eigenvalue weighted by molar-refractivity contribution is -0.141. The number of carbonyl (C=O) groups is 1. The molecule has 4 rings (SSSR count). The number of benzene rings is 2. The Morgan fingerprint density at radius 1 is 1.03 bits per heavy atom. The number of methoxy groups -OCH3 is 1. The summed E-state index contributed by atoms with van der Waals surface area (Å²) in [5.74, 6) is -1.62. The SMILES string of the molecule is COC(=O)C(C#N)c1nc2ccccc2nc1N1CCN(c2ccccc2F)CC1. The van der Waals surface area contributed by atoms with Crippen molar-refractivity contribution in [1.29, 1.82) is 5.26 Å². The van der Waals surface area contributed by atoms with Crippen molar-refractivity contribution in [3.63, 3.8) is 0 Å². The van der Waals surface area contributed by atoms with Gasteiger partial charge in [-0.05, 0) is 24.3 Å². The minimum Gasteiger partial charge on any atom is -0.468 e. The molecule has 0 spiro atoms. The Bertz CT molecular complexity index is 1120. The molecule has 2 aromatic carbocycles. The van der Waals surface area contributed by atoms with Gasteiger partial charge < -0.3 is 14.5 Å². The number of nitriles is 1. The van der Waals surface area contributed by atoms with Crippen LogP contribution in [0.4, 0.5) is 15.9 Å². The van der Waals surface area contributed by atoms with Crippen LogP contribution in [0.3, 0.4) is 0 Å². The molecule has 0 saturated carbocycles. The standard InChI is InChI=1S/C22H20FN5O2/c1-30-22(29)15(14-24)20-21(26-18-8-4-3-7-17(18)25-20)28-12-10-27(11-13-28)19-9-5-2-6-16(19)23/h2-9,15H,10-13H2,1H3. The molecule has 1 aliphatic heterocycles. The average Bonchev–Trinajstić information content (AvgIpc) is 2.79. The normalized spacial score (nSPS) is 15.0. The highest BCUT2D eigenvalue weighted by molar-refractivity contribution is 5.85. The number of para-hydroxylation sites is 3. The Hall–Kier alpha value is -3.73. The first kappa shape index (κ1) is 19.6. The molecule has 2 heterocycles. The number of carbonyl (C=O) groups excluding carboxylic acids is 1. The van der Waals surface area contributed by atoms with Crippen LogP contribution in [0.15, 0.2) is 48.5 Å². The van der Waals surface area contributed by atoms with Crippen LogP contribution in [-0.2, 0) is 9.53 Å². The van der Waals surface area contributed by atoms with Gasteiger partial charge in [0.1, 0.15) is 11.5 Å². The van der Waals surface area contributed by atoms with Crippen molar-refractivity contribution in [2.75, 3.05) is 43.1 Å². The van der Waals surface area contributed by atoms with E-state index in [1.807, 2.05) is 40.1 Å². The molecule has 1 saturated heterocycles. The van der Waals surface area contributed by atoms with Crippen LogP contribution >= 0.6 is 0 Å². The third-order valence-corrected chi connectivity index (χ3v) is 5.19. The molecule has 0 amide bonds. The lowest BCUT2D eigenvalue weighted by Gasteiger charge is -2.37. The lowest BCUT2D eigenvalue weighted by Crippen LogP contribution is -2.47. The minimum absolute atomic E-state index is 0.257. The summed E-state index contributed by atoms with van der Waals surface area (Å²) in [6, 6.07) is 16.0. The number of aromatic nitrogens is 2. The van der Waals surface area contributed by atoms with E-state index >= 15 is 0 Å². The predicted octanol–water partition coefficient (Wildman–Crippen LogP) is 2.88. The first-order valence-corrected chi connectivity index (χ1v) is 9.61. The van der Waals surface area contributed by atoms with Crippen molar-refractivity contribution in [2.24, 2.45) is 0 Å². The van der Waals surface area contributed by atoms with Crippen molar-refractivity contribution < 1.29 is 13.9 Å². The minimum atomic E-state index is -1.17. The second-order valence-corrected chi connectivity index (χ2v) is 6.93. The number of ether oxygens (including phenoxy) is 1. The Morgan fingerprint density at radius 2 is 1.63 bits per heavy atom. The van der Waals surface area contributed by atoms with E-state index in [4.69, 9.17) is 9.72 Å². The van der Waals surface area contributed by atoms with E-state index in [2.05, 4.69) is 4.98 Å². The number of hydrogen-bond acceptors (Lipinski definition) is 7. The maximum Gasteiger partial charge on any atom is 0.329 e. The summed E-state index contributed by atoms with van der Waals surface area (Å²) in [7, 11) is 1.24. The number of piperazine rings is 1. The highest BCUT2D eigenvalue weighted by atomic mass is 19.1. The number of nitrogens with zero attached hydrogens (tertiary/aromatic N) is 5. The van der Waals surface area contributed by atoms with Crippen LogP contribution < -0.4 is 9.80 Å². The van der Waals surface area contributed by atoms with Crippen molar-refractivity contribution >= 4 is 28.5 Å². The van der Waals surface area contributed by atoms with Gasteiger partial charge in [0.2, 0.25) is 0 Å². The van der Waals surface area contributed by atoms with Crippen molar-refractivity contribution in [1.82, 2.24) is 9.97 Å². The van der Waals surface area contributed by atoms with Gasteiger partial charge >= 0.3 is 5.97 Å². The first-order valence-electron chi connectivity index (χ1n) is 9.61. The van der Waals surface area contributed by atoms with Crippen LogP contribution in [-0.4, -0.2) is 49.2 Å². The summed E-state index contributed by atoms with van der Waals surface area (Å²) in [5, 5.41) is 9.61. The topological polar surface area (TPSA) is 82.3 Å². The summed E-state index contributed by atoms with van der Waals surface area (Å²) in [5.41, 5.74) is 2.12. The fourth-order valence-electron chi connectivity index (χ4n) is 3.64. The fraction of sp³-hybridized carbons (Fsp3) is 0.273. The highest BCUT2D eigenvalue weighted by Gasteiger charge is 2.31. The Balaban J connectivity index is 1.68. The Morgan fingerprint density at radius 3 is 2.27 bits per heavy atom. The van der Waals surface area contributed by atoms with Gasteiger partial charge in [-0.1, -0.05) is 24.3 Å². The van der Waals surface area contributed by atoms with Crippen LogP contribution in [0.25, 0.3) is 11.0 Å². The van der Waals surface area contributed by atoms with E-state index in [0.29, 0.717) is 48.7 Å². The molecule has 0 radical (unpaired) electrons. The van der Waals surface area contributed by atoms with Crippen LogP contribution in [0.1, 0.15) is 11.6 Å². The molecule has 3 aromatic rings. The van der Waals surface area contributed by atoms with E-state index in [-0.39, 0.29) is 11.5 Å². The van der Waals surface area contributed by atoms with E-state index in [9.17, 15) is 14.4 Å². The van der Waals surface area contributed by atoms with Crippen LogP contribution in [0.2, 0.25) is 0 Å². The number of esters is 1. The number of hydrogen-bond donors (Lipinski definition) is 0. The van der Waals surface area contributed by atoms with Gasteiger partial charge in [0.05, 0.1) is 29.9 Å². The average molecular weight is 405 g/mol. The second-order valence-electron chi connectivity index (χ2n) is 6.93. The summed E-state index contributed by atoms with van der Waals surface area (Å²) >= 11 is 0. The maximum absolute atomic E-state index is 14.1. The molecule has 0 aliphatic carbocycles. The smallest absolute Gasteiger partial charge is 0.329 e. The summed E-state index contributed by atoms with van der Waals surface area (Å²) < 4.78 is 18.9. The molecule has 30 heavy (non-hydrogen) atoms. The number of rotatable bonds is 4. The maximum atomic E-state index is 14.1. The lowest BCUT2D eigenvalue weighted by atomic mass is 10.1. The van der Waals surface area contributed by atoms with Gasteiger partial charge in [-0.25, -0.2) is 14.4 Å². The van der Waals surface area contributed by atoms with Gasteiger partial charge in [0.25, 0.3) is 0 Å². The van der Waals surface area contributed by atoms with Gasteiger partial charge in [-0.2, -0.15) is 5.26 Å². The van der Waals surface area contributed by atoms with Crippen LogP contribution in [0, 0.1) is 17.1 Å². The third-order valence-electron chi connectivity index (χ3n) is 5.19. The number of halogens is 1. The molecular formula is C22H20FN5O2. The molecule has 1 unspecified atom stereocenters. The van der Waals surface area contributed by atoms with Crippen molar-refractivity contribution in [3.8, 4) is 6.07 Å². The molecule has 1 aromatic heterocycles. The predicted molar refractivity (Wildman–Crippen MR) is 111 cm³/mol. The molecule has 0 bridgehead atoms. The zero-order valence-corrected chi connectivity index (χ0v) is 16.5. The molecule has 152 valence electrons.